The minimum atomic E-state index is -4.86. The SMILES string of the molecule is CC(C)OC(=O)Nc1cnccc1CN1C(=O)N(c2ccc(OC(F)(F)F)cc2)C(=O)C1C. The summed E-state index contributed by atoms with van der Waals surface area (Å²) in [7, 11) is 0. The van der Waals surface area contributed by atoms with Crippen LogP contribution in [0.25, 0.3) is 0 Å². The van der Waals surface area contributed by atoms with Gasteiger partial charge in [0, 0.05) is 6.20 Å². The molecule has 1 unspecified atom stereocenters. The average molecular weight is 466 g/mol. The van der Waals surface area contributed by atoms with Crippen LogP contribution in [0.1, 0.15) is 26.3 Å². The van der Waals surface area contributed by atoms with Crippen molar-refractivity contribution in [3.63, 3.8) is 0 Å². The van der Waals surface area contributed by atoms with Crippen molar-refractivity contribution in [1.29, 1.82) is 0 Å². The monoisotopic (exact) mass is 466 g/mol. The number of pyridine rings is 1. The van der Waals surface area contributed by atoms with Crippen molar-refractivity contribution in [3.8, 4) is 5.75 Å². The first kappa shape index (κ1) is 23.8. The topological polar surface area (TPSA) is 101 Å². The molecule has 1 aliphatic heterocycles. The molecule has 2 aromatic rings. The lowest BCUT2D eigenvalue weighted by Gasteiger charge is -2.21. The van der Waals surface area contributed by atoms with Crippen LogP contribution in [0.2, 0.25) is 0 Å². The number of alkyl halides is 3. The van der Waals surface area contributed by atoms with Crippen LogP contribution < -0.4 is 15.0 Å². The summed E-state index contributed by atoms with van der Waals surface area (Å²) < 4.78 is 46.0. The van der Waals surface area contributed by atoms with Gasteiger partial charge in [-0.15, -0.1) is 13.2 Å². The van der Waals surface area contributed by atoms with Gasteiger partial charge in [0.2, 0.25) is 0 Å². The van der Waals surface area contributed by atoms with Gasteiger partial charge < -0.3 is 14.4 Å². The summed E-state index contributed by atoms with van der Waals surface area (Å²) >= 11 is 0. The second kappa shape index (κ2) is 9.35. The highest BCUT2D eigenvalue weighted by molar-refractivity contribution is 6.21. The number of aromatic nitrogens is 1. The van der Waals surface area contributed by atoms with Gasteiger partial charge in [-0.2, -0.15) is 0 Å². The summed E-state index contributed by atoms with van der Waals surface area (Å²) in [5.41, 5.74) is 0.916. The molecule has 1 saturated heterocycles. The van der Waals surface area contributed by atoms with Crippen LogP contribution in [0.5, 0.6) is 5.75 Å². The lowest BCUT2D eigenvalue weighted by Crippen LogP contribution is -2.33. The van der Waals surface area contributed by atoms with E-state index >= 15 is 0 Å². The molecule has 4 amide bonds. The standard InChI is InChI=1S/C21H21F3N4O5/c1-12(2)32-19(30)26-17-10-25-9-8-14(17)11-27-13(3)18(29)28(20(27)31)15-4-6-16(7-5-15)33-21(22,23)24/h4-10,12-13H,11H2,1-3H3,(H,26,30). The molecule has 0 aliphatic carbocycles. The van der Waals surface area contributed by atoms with Crippen LogP contribution in [-0.4, -0.2) is 46.4 Å². The number of anilines is 2. The number of carbonyl (C=O) groups is 3. The molecule has 3 rings (SSSR count). The van der Waals surface area contributed by atoms with E-state index in [1.54, 1.807) is 19.9 Å². The molecule has 33 heavy (non-hydrogen) atoms. The molecule has 0 bridgehead atoms. The van der Waals surface area contributed by atoms with E-state index in [0.717, 1.165) is 17.0 Å². The smallest absolute Gasteiger partial charge is 0.447 e. The predicted molar refractivity (Wildman–Crippen MR) is 110 cm³/mol. The average Bonchev–Trinajstić information content (AvgIpc) is 2.91. The number of halogens is 3. The lowest BCUT2D eigenvalue weighted by atomic mass is 10.2. The van der Waals surface area contributed by atoms with Gasteiger partial charge in [0.05, 0.1) is 30.2 Å². The third kappa shape index (κ3) is 5.70. The zero-order valence-corrected chi connectivity index (χ0v) is 17.9. The molecule has 1 fully saturated rings. The number of hydrogen-bond acceptors (Lipinski definition) is 6. The molecule has 9 nitrogen and oxygen atoms in total. The van der Waals surface area contributed by atoms with Crippen molar-refractivity contribution < 1.29 is 37.0 Å². The molecule has 12 heteroatoms. The van der Waals surface area contributed by atoms with Crippen LogP contribution in [-0.2, 0) is 16.1 Å². The number of ether oxygens (including phenoxy) is 2. The molecule has 0 saturated carbocycles. The molecular formula is C21H21F3N4O5. The van der Waals surface area contributed by atoms with Gasteiger partial charge in [0.25, 0.3) is 5.91 Å². The fourth-order valence-corrected chi connectivity index (χ4v) is 3.16. The molecule has 0 radical (unpaired) electrons. The highest BCUT2D eigenvalue weighted by Gasteiger charge is 2.43. The van der Waals surface area contributed by atoms with Crippen molar-refractivity contribution in [2.24, 2.45) is 0 Å². The van der Waals surface area contributed by atoms with E-state index in [2.05, 4.69) is 15.0 Å². The maximum absolute atomic E-state index is 13.0. The summed E-state index contributed by atoms with van der Waals surface area (Å²) in [6.45, 7) is 4.88. The Labute approximate surface area is 187 Å². The summed E-state index contributed by atoms with van der Waals surface area (Å²) in [6.07, 6.45) is -3.04. The van der Waals surface area contributed by atoms with E-state index in [0.29, 0.717) is 11.3 Å². The van der Waals surface area contributed by atoms with Gasteiger partial charge in [-0.3, -0.25) is 15.1 Å². The fraction of sp³-hybridized carbons (Fsp3) is 0.333. The second-order valence-corrected chi connectivity index (χ2v) is 7.41. The predicted octanol–water partition coefficient (Wildman–Crippen LogP) is 4.29. The minimum Gasteiger partial charge on any atom is -0.447 e. The number of imide groups is 1. The molecule has 1 N–H and O–H groups in total. The Morgan fingerprint density at radius 1 is 1.18 bits per heavy atom. The van der Waals surface area contributed by atoms with Crippen LogP contribution in [0.4, 0.5) is 34.1 Å². The number of benzene rings is 1. The highest BCUT2D eigenvalue weighted by Crippen LogP contribution is 2.30. The first-order valence-electron chi connectivity index (χ1n) is 9.87. The number of nitrogens with zero attached hydrogens (tertiary/aromatic N) is 3. The highest BCUT2D eigenvalue weighted by atomic mass is 19.4. The Balaban J connectivity index is 1.78. The summed E-state index contributed by atoms with van der Waals surface area (Å²) in [4.78, 5) is 43.9. The molecule has 1 atom stereocenters. The van der Waals surface area contributed by atoms with E-state index in [1.165, 1.54) is 36.4 Å². The Morgan fingerprint density at radius 3 is 2.45 bits per heavy atom. The molecule has 1 aliphatic rings. The maximum atomic E-state index is 13.0. The number of hydrogen-bond donors (Lipinski definition) is 1. The fourth-order valence-electron chi connectivity index (χ4n) is 3.16. The van der Waals surface area contributed by atoms with Gasteiger partial charge >= 0.3 is 18.5 Å². The molecular weight excluding hydrogens is 445 g/mol. The van der Waals surface area contributed by atoms with Crippen molar-refractivity contribution in [3.05, 3.63) is 48.3 Å². The third-order valence-electron chi connectivity index (χ3n) is 4.64. The van der Waals surface area contributed by atoms with Gasteiger partial charge in [-0.1, -0.05) is 0 Å². The van der Waals surface area contributed by atoms with Crippen molar-refractivity contribution in [2.75, 3.05) is 10.2 Å². The quantitative estimate of drug-likeness (QED) is 0.638. The summed E-state index contributed by atoms with van der Waals surface area (Å²) in [5.74, 6) is -1.02. The number of nitrogens with one attached hydrogen (secondary N) is 1. The first-order chi connectivity index (χ1) is 15.5. The van der Waals surface area contributed by atoms with E-state index in [1.807, 2.05) is 0 Å². The maximum Gasteiger partial charge on any atom is 0.573 e. The first-order valence-corrected chi connectivity index (χ1v) is 9.87. The van der Waals surface area contributed by atoms with E-state index < -0.39 is 36.2 Å². The van der Waals surface area contributed by atoms with Crippen LogP contribution in [0, 0.1) is 0 Å². The van der Waals surface area contributed by atoms with Crippen LogP contribution in [0.3, 0.4) is 0 Å². The zero-order valence-electron chi connectivity index (χ0n) is 17.9. The van der Waals surface area contributed by atoms with Gasteiger partial charge in [0.15, 0.2) is 0 Å². The number of carbonyl (C=O) groups excluding carboxylic acids is 3. The zero-order chi connectivity index (χ0) is 24.3. The lowest BCUT2D eigenvalue weighted by molar-refractivity contribution is -0.274. The third-order valence-corrected chi connectivity index (χ3v) is 4.64. The van der Waals surface area contributed by atoms with Crippen molar-refractivity contribution in [1.82, 2.24) is 9.88 Å². The molecule has 1 aromatic heterocycles. The molecule has 1 aromatic carbocycles. The van der Waals surface area contributed by atoms with E-state index in [9.17, 15) is 27.6 Å². The molecule has 0 spiro atoms. The number of rotatable bonds is 6. The number of amides is 4. The van der Waals surface area contributed by atoms with Crippen LogP contribution in [0.15, 0.2) is 42.7 Å². The van der Waals surface area contributed by atoms with Crippen molar-refractivity contribution >= 4 is 29.4 Å². The normalized spacial score (nSPS) is 16.4. The van der Waals surface area contributed by atoms with Gasteiger partial charge in [-0.25, -0.2) is 14.5 Å². The minimum absolute atomic E-state index is 0.0304. The van der Waals surface area contributed by atoms with Crippen molar-refractivity contribution in [2.45, 2.75) is 45.8 Å². The van der Waals surface area contributed by atoms with Gasteiger partial charge in [0.1, 0.15) is 11.8 Å². The number of urea groups is 1. The van der Waals surface area contributed by atoms with E-state index in [-0.39, 0.29) is 18.3 Å². The molecule has 176 valence electrons. The van der Waals surface area contributed by atoms with E-state index in [4.69, 9.17) is 4.74 Å². The largest absolute Gasteiger partial charge is 0.573 e. The summed E-state index contributed by atoms with van der Waals surface area (Å²) in [5, 5.41) is 2.56. The Bertz CT molecular complexity index is 1040. The molecule has 2 heterocycles. The Kier molecular flexibility index (Phi) is 6.75. The second-order valence-electron chi connectivity index (χ2n) is 7.41. The van der Waals surface area contributed by atoms with Gasteiger partial charge in [-0.05, 0) is 56.7 Å². The Morgan fingerprint density at radius 2 is 1.85 bits per heavy atom. The summed E-state index contributed by atoms with van der Waals surface area (Å²) in [6, 6.07) is 4.48. The van der Waals surface area contributed by atoms with Crippen LogP contribution >= 0.6 is 0 Å². The Hall–Kier alpha value is -3.83.